The molecular formula is C45H42AlO28. The summed E-state index contributed by atoms with van der Waals surface area (Å²) >= 11 is -2.33. The molecule has 74 heavy (non-hydrogen) atoms. The van der Waals surface area contributed by atoms with Crippen LogP contribution in [-0.4, -0.2) is 212 Å². The molecule has 0 aromatic heterocycles. The number of rotatable bonds is 17. The van der Waals surface area contributed by atoms with Gasteiger partial charge in [-0.05, 0) is 36.8 Å². The number of benzene rings is 4. The molecule has 0 spiro atoms. The maximum Gasteiger partial charge on any atom is 0.882 e. The highest BCUT2D eigenvalue weighted by atomic mass is 27.2. The van der Waals surface area contributed by atoms with E-state index in [1.807, 2.05) is 0 Å². The molecular weight excluding hydrogens is 1020 g/mol. The molecule has 0 saturated carbocycles. The number of methoxy groups -OCH3 is 2. The normalized spacial score (nSPS) is 24.2. The lowest BCUT2D eigenvalue weighted by Gasteiger charge is -2.40. The van der Waals surface area contributed by atoms with Crippen LogP contribution in [0.4, 0.5) is 0 Å². The predicted octanol–water partition coefficient (Wildman–Crippen LogP) is -2.60. The Morgan fingerprint density at radius 3 is 1.64 bits per heavy atom. The Hall–Kier alpha value is -7.37. The van der Waals surface area contributed by atoms with Crippen LogP contribution < -0.4 is 26.5 Å². The van der Waals surface area contributed by atoms with Crippen molar-refractivity contribution in [1.29, 1.82) is 0 Å². The number of aromatic carboxylic acids is 2. The summed E-state index contributed by atoms with van der Waals surface area (Å²) in [4.78, 5) is 79.7. The predicted molar refractivity (Wildman–Crippen MR) is 236 cm³/mol. The van der Waals surface area contributed by atoms with E-state index in [0.717, 1.165) is 27.2 Å². The van der Waals surface area contributed by atoms with Crippen LogP contribution in [0.5, 0.6) is 57.5 Å². The lowest BCUT2D eigenvalue weighted by molar-refractivity contribution is -0.277. The number of aliphatic hydroxyl groups excluding tert-OH is 8. The van der Waals surface area contributed by atoms with Crippen molar-refractivity contribution >= 4 is 51.5 Å². The topological polar surface area (TPSA) is 459 Å². The molecule has 0 amide bonds. The Bertz CT molecular complexity index is 2970. The van der Waals surface area contributed by atoms with Crippen LogP contribution in [0.15, 0.2) is 24.3 Å². The number of aromatic hydroxyl groups is 4. The number of carbonyl (C=O) groups is 6. The average Bonchev–Trinajstić information content (AvgIpc) is 3.36. The largest absolute Gasteiger partial charge is 0.882 e. The molecule has 10 atom stereocenters. The summed E-state index contributed by atoms with van der Waals surface area (Å²) in [6, 6.07) is 2.65. The molecule has 4 aromatic rings. The van der Waals surface area contributed by atoms with Crippen molar-refractivity contribution in [3.63, 3.8) is 0 Å². The van der Waals surface area contributed by atoms with E-state index >= 15 is 0 Å². The smallest absolute Gasteiger partial charge is 0.613 e. The number of carboxylic acid groups (broad SMARTS) is 2. The molecule has 393 valence electrons. The van der Waals surface area contributed by atoms with Crippen LogP contribution >= 0.6 is 0 Å². The van der Waals surface area contributed by atoms with Crippen molar-refractivity contribution in [2.24, 2.45) is 0 Å². The van der Waals surface area contributed by atoms with Crippen LogP contribution in [0, 0.1) is 6.92 Å². The molecule has 3 aliphatic rings. The van der Waals surface area contributed by atoms with Crippen molar-refractivity contribution < 1.29 is 136 Å². The van der Waals surface area contributed by atoms with Crippen LogP contribution in [0.1, 0.15) is 84.4 Å². The van der Waals surface area contributed by atoms with Gasteiger partial charge in [0.15, 0.2) is 35.1 Å². The van der Waals surface area contributed by atoms with Gasteiger partial charge in [0.05, 0.1) is 44.1 Å². The number of aliphatic hydroxyl groups is 8. The maximum atomic E-state index is 14.5. The molecule has 2 fully saturated rings. The fourth-order valence-corrected chi connectivity index (χ4v) is 9.05. The number of phenols is 4. The summed E-state index contributed by atoms with van der Waals surface area (Å²) in [6.07, 6.45) is -19.7. The molecule has 2 saturated heterocycles. The van der Waals surface area contributed by atoms with Crippen LogP contribution in [0.25, 0.3) is 0 Å². The van der Waals surface area contributed by atoms with Crippen molar-refractivity contribution in [1.82, 2.24) is 0 Å². The highest BCUT2D eigenvalue weighted by Crippen LogP contribution is 2.54. The molecule has 1 radical (unpaired) electrons. The number of hydrogen-bond acceptors (Lipinski definition) is 26. The number of carbonyl (C=O) groups excluding carboxylic acids is 4. The Morgan fingerprint density at radius 2 is 1.14 bits per heavy atom. The summed E-state index contributed by atoms with van der Waals surface area (Å²) in [5.41, 5.74) is -7.58. The van der Waals surface area contributed by atoms with Gasteiger partial charge in [-0.1, -0.05) is 0 Å². The van der Waals surface area contributed by atoms with E-state index in [2.05, 4.69) is 0 Å². The lowest BCUT2D eigenvalue weighted by Crippen LogP contribution is -2.60. The van der Waals surface area contributed by atoms with Gasteiger partial charge in [0.2, 0.25) is 35.6 Å². The molecule has 28 nitrogen and oxygen atoms in total. The van der Waals surface area contributed by atoms with E-state index in [9.17, 15) is 100 Å². The maximum absolute atomic E-state index is 14.5. The second-order valence-electron chi connectivity index (χ2n) is 16.4. The zero-order chi connectivity index (χ0) is 54.5. The first-order valence-electron chi connectivity index (χ1n) is 21.3. The Labute approximate surface area is 419 Å². The minimum atomic E-state index is -2.33. The van der Waals surface area contributed by atoms with Gasteiger partial charge in [-0.15, -0.1) is 0 Å². The first kappa shape index (κ1) is 54.4. The molecule has 29 heteroatoms. The van der Waals surface area contributed by atoms with Gasteiger partial charge < -0.3 is 107 Å². The molecule has 10 unspecified atom stereocenters. The number of ether oxygens (including phenoxy) is 6. The zero-order valence-electron chi connectivity index (χ0n) is 38.1. The second-order valence-corrected chi connectivity index (χ2v) is 17.0. The number of carboxylic acids is 2. The monoisotopic (exact) mass is 1060 g/mol. The third-order valence-corrected chi connectivity index (χ3v) is 12.8. The summed E-state index contributed by atoms with van der Waals surface area (Å²) in [6.45, 7) is -0.885. The van der Waals surface area contributed by atoms with E-state index in [1.165, 1.54) is 0 Å². The Morgan fingerprint density at radius 1 is 0.608 bits per heavy atom. The Balaban J connectivity index is 1.40. The van der Waals surface area contributed by atoms with Crippen molar-refractivity contribution in [3.05, 3.63) is 79.9 Å². The fourth-order valence-electron chi connectivity index (χ4n) is 8.40. The standard InChI is InChI=1S/C23H24O14.C22H20O14.Al/c1-7-13(8(5-24)3-10(26)14(7)22(33)34)15(28)9-4-11(27)20(35-2)21(16(9)29)37-23-19(32)18(31)17(30)12(6-25)36-23;1-34-19-15(28)10-11(12(25)5-2-7(21(32)33)8(24)3-6(5)13(10)26)16(29)20(19)36-22-18(31)17(30)14(27)9(4-23)35-22;/h3-5,12,17-19,23,25-27,29-32H,6H2,1-2H3,(H,33,34);2-3,9,14,17-18,22-24,27-31H,4H2,1H3,(H,32,33);/q;;+2/p-2. The van der Waals surface area contributed by atoms with Crippen molar-refractivity contribution in [3.8, 4) is 57.5 Å². The molecule has 7 rings (SSSR count). The van der Waals surface area contributed by atoms with E-state index in [0.29, 0.717) is 18.2 Å². The van der Waals surface area contributed by atoms with Crippen molar-refractivity contribution in [2.45, 2.75) is 68.3 Å². The highest BCUT2D eigenvalue weighted by molar-refractivity contribution is 6.32. The van der Waals surface area contributed by atoms with Gasteiger partial charge in [-0.25, -0.2) is 9.59 Å². The third-order valence-electron chi connectivity index (χ3n) is 12.1. The number of aldehydes is 1. The number of hydrogen-bond donors (Lipinski definition) is 14. The number of ketones is 3. The minimum Gasteiger partial charge on any atom is -0.613 e. The fraction of sp³-hybridized carbons (Fsp3) is 0.333. The van der Waals surface area contributed by atoms with E-state index in [-0.39, 0.29) is 6.29 Å². The quantitative estimate of drug-likeness (QED) is 0.0258. The van der Waals surface area contributed by atoms with Crippen LogP contribution in [-0.2, 0) is 9.47 Å². The lowest BCUT2D eigenvalue weighted by atomic mass is 9.81. The van der Waals surface area contributed by atoms with Gasteiger partial charge in [0.25, 0.3) is 0 Å². The minimum absolute atomic E-state index is 0.0744. The summed E-state index contributed by atoms with van der Waals surface area (Å²) < 4.78 is 45.1. The Kier molecular flexibility index (Phi) is 15.6. The van der Waals surface area contributed by atoms with Gasteiger partial charge in [0, 0.05) is 22.3 Å². The highest BCUT2D eigenvalue weighted by Gasteiger charge is 2.49. The van der Waals surface area contributed by atoms with Gasteiger partial charge >= 0.3 is 27.8 Å². The molecule has 2 heterocycles. The van der Waals surface area contributed by atoms with E-state index in [4.69, 9.17) is 36.0 Å². The average molecular weight is 1060 g/mol. The zero-order valence-corrected chi connectivity index (χ0v) is 39.3. The van der Waals surface area contributed by atoms with Gasteiger partial charge in [-0.2, -0.15) is 0 Å². The van der Waals surface area contributed by atoms with Gasteiger partial charge in [-0.3, -0.25) is 19.2 Å². The van der Waals surface area contributed by atoms with Crippen LogP contribution in [0.2, 0.25) is 0 Å². The first-order valence-corrected chi connectivity index (χ1v) is 22.2. The van der Waals surface area contributed by atoms with E-state index < -0.39 is 233 Å². The van der Waals surface area contributed by atoms with E-state index in [1.54, 1.807) is 0 Å². The molecule has 1 aliphatic carbocycles. The van der Waals surface area contributed by atoms with Crippen LogP contribution in [0.3, 0.4) is 0 Å². The summed E-state index contributed by atoms with van der Waals surface area (Å²) in [5.74, 6) is -16.8. The number of fused-ring (bicyclic) bond motifs is 2. The van der Waals surface area contributed by atoms with Crippen molar-refractivity contribution in [2.75, 3.05) is 27.4 Å². The molecule has 0 bridgehead atoms. The summed E-state index contributed by atoms with van der Waals surface area (Å²) in [7, 11) is 1.86. The molecule has 2 aliphatic heterocycles. The molecule has 4 aromatic carbocycles. The molecule has 14 N–H and O–H groups in total. The second kappa shape index (κ2) is 21.2. The SMILES string of the molecule is COc1c([O][Al][O]c2c(OC)c(OC3OC(CO)C(O)C(O)C3O)c(O)c3c2C(=O)c2cc(O)c(C(=O)O)cc2C3=O)cc(C(=O)c2c(C=O)cc(O)c(C(=O)O)c2C)c(O)c1OC1OC(CO)C(O)C(O)C1O. The number of phenolic OH excluding ortho intramolecular Hbond substituents is 2. The third kappa shape index (κ3) is 9.20. The summed E-state index contributed by atoms with van der Waals surface area (Å²) in [5, 5.41) is 147. The first-order chi connectivity index (χ1) is 35.0. The van der Waals surface area contributed by atoms with Gasteiger partial charge in [0.1, 0.15) is 83.0 Å².